The van der Waals surface area contributed by atoms with E-state index < -0.39 is 15.7 Å². The molecule has 1 aliphatic heterocycles. The average Bonchev–Trinajstić information content (AvgIpc) is 2.56. The molecule has 0 radical (unpaired) electrons. The quantitative estimate of drug-likeness (QED) is 0.794. The van der Waals surface area contributed by atoms with Gasteiger partial charge >= 0.3 is 10.2 Å². The van der Waals surface area contributed by atoms with Gasteiger partial charge < -0.3 is 5.73 Å². The van der Waals surface area contributed by atoms with E-state index in [1.165, 1.54) is 4.31 Å². The van der Waals surface area contributed by atoms with Gasteiger partial charge in [0.1, 0.15) is 0 Å². The van der Waals surface area contributed by atoms with E-state index in [9.17, 15) is 8.42 Å². The molecule has 18 heavy (non-hydrogen) atoms. The summed E-state index contributed by atoms with van der Waals surface area (Å²) < 4.78 is 28.6. The van der Waals surface area contributed by atoms with Crippen molar-refractivity contribution in [2.45, 2.75) is 32.7 Å². The van der Waals surface area contributed by atoms with Crippen LogP contribution in [0, 0.1) is 0 Å². The van der Waals surface area contributed by atoms with Crippen LogP contribution in [0.5, 0.6) is 0 Å². The largest absolute Gasteiger partial charge is 0.399 e. The third-order valence-corrected chi connectivity index (χ3v) is 4.52. The molecule has 1 aromatic rings. The van der Waals surface area contributed by atoms with E-state index in [2.05, 4.69) is 4.72 Å². The minimum absolute atomic E-state index is 0.462. The maximum absolute atomic E-state index is 12.3. The molecule has 0 saturated carbocycles. The molecule has 1 heterocycles. The molecule has 0 spiro atoms. The molecule has 0 amide bonds. The first kappa shape index (κ1) is 13.2. The third kappa shape index (κ3) is 2.59. The Balaban J connectivity index is 2.36. The van der Waals surface area contributed by atoms with Crippen molar-refractivity contribution in [2.24, 2.45) is 0 Å². The summed E-state index contributed by atoms with van der Waals surface area (Å²) in [4.78, 5) is 0. The van der Waals surface area contributed by atoms with Crippen LogP contribution in [0.25, 0.3) is 0 Å². The maximum atomic E-state index is 12.3. The molecule has 0 aromatic heterocycles. The standard InChI is InChI=1S/C12H19N3O2S/c1-12(2,3)14-18(16,17)15-7-6-9-4-5-10(13)8-11(9)15/h4-5,8,14H,6-7,13H2,1-3H3. The molecule has 0 aliphatic carbocycles. The van der Waals surface area contributed by atoms with Crippen molar-refractivity contribution < 1.29 is 8.42 Å². The molecule has 0 fully saturated rings. The number of nitrogens with one attached hydrogen (secondary N) is 1. The lowest BCUT2D eigenvalue weighted by molar-refractivity contribution is 0.489. The van der Waals surface area contributed by atoms with E-state index in [1.807, 2.05) is 26.8 Å². The Kier molecular flexibility index (Phi) is 3.03. The first-order valence-corrected chi connectivity index (χ1v) is 7.33. The number of anilines is 2. The van der Waals surface area contributed by atoms with E-state index in [0.717, 1.165) is 12.0 Å². The third-order valence-electron chi connectivity index (χ3n) is 2.69. The van der Waals surface area contributed by atoms with Crippen LogP contribution in [0.3, 0.4) is 0 Å². The highest BCUT2D eigenvalue weighted by Gasteiger charge is 2.32. The lowest BCUT2D eigenvalue weighted by Gasteiger charge is -2.26. The number of hydrogen-bond acceptors (Lipinski definition) is 3. The first-order valence-electron chi connectivity index (χ1n) is 5.89. The predicted molar refractivity (Wildman–Crippen MR) is 73.7 cm³/mol. The second kappa shape index (κ2) is 4.13. The highest BCUT2D eigenvalue weighted by atomic mass is 32.2. The molecule has 0 atom stereocenters. The van der Waals surface area contributed by atoms with Gasteiger partial charge in [-0.1, -0.05) is 6.07 Å². The van der Waals surface area contributed by atoms with Crippen LogP contribution in [-0.4, -0.2) is 20.5 Å². The molecule has 2 rings (SSSR count). The van der Waals surface area contributed by atoms with Gasteiger partial charge in [-0.3, -0.25) is 4.31 Å². The zero-order chi connectivity index (χ0) is 13.6. The molecule has 0 saturated heterocycles. The molecular weight excluding hydrogens is 250 g/mol. The predicted octanol–water partition coefficient (Wildman–Crippen LogP) is 1.26. The lowest BCUT2D eigenvalue weighted by Crippen LogP contribution is -2.48. The zero-order valence-corrected chi connectivity index (χ0v) is 11.7. The number of fused-ring (bicyclic) bond motifs is 1. The Hall–Kier alpha value is -1.27. The summed E-state index contributed by atoms with van der Waals surface area (Å²) >= 11 is 0. The van der Waals surface area contributed by atoms with Crippen molar-refractivity contribution in [3.8, 4) is 0 Å². The van der Waals surface area contributed by atoms with Crippen LogP contribution < -0.4 is 14.8 Å². The van der Waals surface area contributed by atoms with Gasteiger partial charge in [-0.05, 0) is 44.9 Å². The summed E-state index contributed by atoms with van der Waals surface area (Å²) in [6.07, 6.45) is 0.723. The van der Waals surface area contributed by atoms with Crippen molar-refractivity contribution >= 4 is 21.6 Å². The molecule has 1 aliphatic rings. The van der Waals surface area contributed by atoms with Crippen LogP contribution in [-0.2, 0) is 16.6 Å². The van der Waals surface area contributed by atoms with E-state index in [0.29, 0.717) is 17.9 Å². The minimum Gasteiger partial charge on any atom is -0.399 e. The number of benzene rings is 1. The molecule has 6 heteroatoms. The van der Waals surface area contributed by atoms with Crippen molar-refractivity contribution in [3.05, 3.63) is 23.8 Å². The van der Waals surface area contributed by atoms with E-state index in [-0.39, 0.29) is 0 Å². The van der Waals surface area contributed by atoms with E-state index in [4.69, 9.17) is 5.73 Å². The summed E-state index contributed by atoms with van der Waals surface area (Å²) in [5.41, 5.74) is 7.50. The topological polar surface area (TPSA) is 75.4 Å². The summed E-state index contributed by atoms with van der Waals surface area (Å²) in [7, 11) is -3.52. The average molecular weight is 269 g/mol. The SMILES string of the molecule is CC(C)(C)NS(=O)(=O)N1CCc2ccc(N)cc21. The van der Waals surface area contributed by atoms with Gasteiger partial charge in [0.25, 0.3) is 0 Å². The molecular formula is C12H19N3O2S. The molecule has 1 aromatic carbocycles. The van der Waals surface area contributed by atoms with Crippen molar-refractivity contribution in [3.63, 3.8) is 0 Å². The minimum atomic E-state index is -3.52. The van der Waals surface area contributed by atoms with E-state index >= 15 is 0 Å². The molecule has 5 nitrogen and oxygen atoms in total. The Morgan fingerprint density at radius 2 is 2.00 bits per heavy atom. The Labute approximate surface area is 108 Å². The highest BCUT2D eigenvalue weighted by Crippen LogP contribution is 2.31. The molecule has 100 valence electrons. The fourth-order valence-corrected chi connectivity index (χ4v) is 3.70. The second-order valence-electron chi connectivity index (χ2n) is 5.57. The van der Waals surface area contributed by atoms with Gasteiger partial charge in [0.05, 0.1) is 5.69 Å². The number of nitrogen functional groups attached to an aromatic ring is 1. The Bertz CT molecular complexity index is 561. The van der Waals surface area contributed by atoms with Gasteiger partial charge in [-0.25, -0.2) is 0 Å². The van der Waals surface area contributed by atoms with Gasteiger partial charge in [0.15, 0.2) is 0 Å². The van der Waals surface area contributed by atoms with Crippen LogP contribution in [0.1, 0.15) is 26.3 Å². The van der Waals surface area contributed by atoms with Crippen molar-refractivity contribution in [1.29, 1.82) is 0 Å². The summed E-state index contributed by atoms with van der Waals surface area (Å²) in [5, 5.41) is 0. The van der Waals surface area contributed by atoms with Crippen LogP contribution >= 0.6 is 0 Å². The number of rotatable bonds is 2. The summed E-state index contributed by atoms with van der Waals surface area (Å²) in [5.74, 6) is 0. The number of hydrogen-bond donors (Lipinski definition) is 2. The van der Waals surface area contributed by atoms with Crippen LogP contribution in [0.4, 0.5) is 11.4 Å². The molecule has 0 bridgehead atoms. The fraction of sp³-hybridized carbons (Fsp3) is 0.500. The van der Waals surface area contributed by atoms with Crippen LogP contribution in [0.2, 0.25) is 0 Å². The maximum Gasteiger partial charge on any atom is 0.302 e. The fourth-order valence-electron chi connectivity index (χ4n) is 2.06. The Morgan fingerprint density at radius 3 is 2.61 bits per heavy atom. The van der Waals surface area contributed by atoms with Gasteiger partial charge in [0.2, 0.25) is 0 Å². The van der Waals surface area contributed by atoms with Crippen LogP contribution in [0.15, 0.2) is 18.2 Å². The van der Waals surface area contributed by atoms with Gasteiger partial charge in [-0.15, -0.1) is 0 Å². The van der Waals surface area contributed by atoms with E-state index in [1.54, 1.807) is 12.1 Å². The monoisotopic (exact) mass is 269 g/mol. The summed E-state index contributed by atoms with van der Waals surface area (Å²) in [6, 6.07) is 5.40. The number of nitrogens with zero attached hydrogens (tertiary/aromatic N) is 1. The zero-order valence-electron chi connectivity index (χ0n) is 10.9. The normalized spacial score (nSPS) is 15.8. The highest BCUT2D eigenvalue weighted by molar-refractivity contribution is 7.91. The first-order chi connectivity index (χ1) is 8.19. The molecule has 3 N–H and O–H groups in total. The van der Waals surface area contributed by atoms with Gasteiger partial charge in [-0.2, -0.15) is 13.1 Å². The number of nitrogens with two attached hydrogens (primary N) is 1. The molecule has 0 unspecified atom stereocenters. The smallest absolute Gasteiger partial charge is 0.302 e. The van der Waals surface area contributed by atoms with Gasteiger partial charge in [0, 0.05) is 17.8 Å². The lowest BCUT2D eigenvalue weighted by atomic mass is 10.1. The van der Waals surface area contributed by atoms with Crippen molar-refractivity contribution in [1.82, 2.24) is 4.72 Å². The Morgan fingerprint density at radius 1 is 1.33 bits per heavy atom. The van der Waals surface area contributed by atoms with Crippen molar-refractivity contribution in [2.75, 3.05) is 16.6 Å². The second-order valence-corrected chi connectivity index (χ2v) is 7.16. The summed E-state index contributed by atoms with van der Waals surface area (Å²) in [6.45, 7) is 5.92.